The first-order chi connectivity index (χ1) is 9.70. The summed E-state index contributed by atoms with van der Waals surface area (Å²) >= 11 is 7.52. The molecule has 0 radical (unpaired) electrons. The zero-order valence-electron chi connectivity index (χ0n) is 10.5. The molecule has 0 saturated heterocycles. The molecule has 102 valence electrons. The van der Waals surface area contributed by atoms with Crippen LogP contribution in [0.1, 0.15) is 9.88 Å². The maximum Gasteiger partial charge on any atom is 0.256 e. The normalized spacial score (nSPS) is 10.7. The summed E-state index contributed by atoms with van der Waals surface area (Å²) in [5, 5.41) is 8.30. The van der Waals surface area contributed by atoms with Crippen LogP contribution < -0.4 is 5.32 Å². The Morgan fingerprint density at radius 2 is 2.25 bits per heavy atom. The van der Waals surface area contributed by atoms with E-state index in [0.29, 0.717) is 18.4 Å². The summed E-state index contributed by atoms with van der Waals surface area (Å²) in [4.78, 5) is 17.6. The number of thiazole rings is 1. The Balaban J connectivity index is 1.79. The molecule has 3 heterocycles. The van der Waals surface area contributed by atoms with Crippen LogP contribution in [0, 0.1) is 6.92 Å². The van der Waals surface area contributed by atoms with Crippen LogP contribution in [-0.4, -0.2) is 29.7 Å². The Bertz CT molecular complexity index is 709. The van der Waals surface area contributed by atoms with Crippen molar-refractivity contribution in [2.75, 3.05) is 5.32 Å². The van der Waals surface area contributed by atoms with Crippen molar-refractivity contribution in [1.82, 2.24) is 29.7 Å². The van der Waals surface area contributed by atoms with Crippen LogP contribution in [0.15, 0.2) is 24.7 Å². The fourth-order valence-corrected chi connectivity index (χ4v) is 2.45. The molecule has 0 aliphatic heterocycles. The number of nitrogens with zero attached hydrogens (tertiary/aromatic N) is 6. The molecule has 3 aromatic rings. The summed E-state index contributed by atoms with van der Waals surface area (Å²) in [6.07, 6.45) is 5.21. The molecule has 0 amide bonds. The van der Waals surface area contributed by atoms with E-state index in [1.807, 2.05) is 13.1 Å². The van der Waals surface area contributed by atoms with Crippen LogP contribution in [0.4, 0.5) is 5.95 Å². The lowest BCUT2D eigenvalue weighted by molar-refractivity contribution is 0.795. The van der Waals surface area contributed by atoms with E-state index >= 15 is 0 Å². The summed E-state index contributed by atoms with van der Waals surface area (Å²) < 4.78 is 1.52. The fourth-order valence-electron chi connectivity index (χ4n) is 1.56. The van der Waals surface area contributed by atoms with Crippen molar-refractivity contribution in [2.24, 2.45) is 0 Å². The highest BCUT2D eigenvalue weighted by Crippen LogP contribution is 2.14. The van der Waals surface area contributed by atoms with Gasteiger partial charge in [0.25, 0.3) is 5.95 Å². The topological polar surface area (TPSA) is 81.4 Å². The van der Waals surface area contributed by atoms with Crippen molar-refractivity contribution >= 4 is 28.9 Å². The molecule has 0 aliphatic carbocycles. The first kappa shape index (κ1) is 12.9. The second-order valence-electron chi connectivity index (χ2n) is 3.88. The SMILES string of the molecule is Cc1ncc(CNc2nc(Cl)nc(-n3cccn3)n2)s1. The molecule has 0 unspecified atom stereocenters. The van der Waals surface area contributed by atoms with E-state index in [9.17, 15) is 0 Å². The number of rotatable bonds is 4. The van der Waals surface area contributed by atoms with Gasteiger partial charge in [-0.2, -0.15) is 20.1 Å². The minimum Gasteiger partial charge on any atom is -0.349 e. The molecular formula is C11H10ClN7S. The van der Waals surface area contributed by atoms with Gasteiger partial charge in [0.15, 0.2) is 0 Å². The number of nitrogens with one attached hydrogen (secondary N) is 1. The van der Waals surface area contributed by atoms with Gasteiger partial charge in [-0.3, -0.25) is 0 Å². The van der Waals surface area contributed by atoms with E-state index in [2.05, 4.69) is 30.4 Å². The van der Waals surface area contributed by atoms with Gasteiger partial charge in [-0.05, 0) is 24.6 Å². The first-order valence-electron chi connectivity index (χ1n) is 5.77. The van der Waals surface area contributed by atoms with Gasteiger partial charge >= 0.3 is 0 Å². The Labute approximate surface area is 123 Å². The van der Waals surface area contributed by atoms with Crippen molar-refractivity contribution in [2.45, 2.75) is 13.5 Å². The number of hydrogen-bond donors (Lipinski definition) is 1. The van der Waals surface area contributed by atoms with E-state index < -0.39 is 0 Å². The van der Waals surface area contributed by atoms with Crippen molar-refractivity contribution in [3.8, 4) is 5.95 Å². The molecule has 9 heteroatoms. The summed E-state index contributed by atoms with van der Waals surface area (Å²) in [6, 6.07) is 1.78. The number of aryl methyl sites for hydroxylation is 1. The third-order valence-corrected chi connectivity index (χ3v) is 3.48. The van der Waals surface area contributed by atoms with Crippen LogP contribution in [0.5, 0.6) is 0 Å². The van der Waals surface area contributed by atoms with Gasteiger partial charge in [0.2, 0.25) is 11.2 Å². The summed E-state index contributed by atoms with van der Waals surface area (Å²) in [5.74, 6) is 0.777. The number of aromatic nitrogens is 6. The molecule has 0 saturated carbocycles. The third kappa shape index (κ3) is 2.91. The van der Waals surface area contributed by atoms with E-state index in [-0.39, 0.29) is 5.28 Å². The minimum atomic E-state index is 0.119. The van der Waals surface area contributed by atoms with Crippen LogP contribution in [0.3, 0.4) is 0 Å². The third-order valence-electron chi connectivity index (χ3n) is 2.40. The average Bonchev–Trinajstić information content (AvgIpc) is 3.07. The Kier molecular flexibility index (Phi) is 3.57. The second kappa shape index (κ2) is 5.51. The Morgan fingerprint density at radius 3 is 2.95 bits per heavy atom. The fraction of sp³-hybridized carbons (Fsp3) is 0.182. The summed E-state index contributed by atoms with van der Waals surface area (Å²) in [6.45, 7) is 2.55. The highest BCUT2D eigenvalue weighted by molar-refractivity contribution is 7.11. The lowest BCUT2D eigenvalue weighted by Gasteiger charge is -2.05. The maximum atomic E-state index is 5.90. The number of anilines is 1. The monoisotopic (exact) mass is 307 g/mol. The highest BCUT2D eigenvalue weighted by Gasteiger charge is 2.07. The van der Waals surface area contributed by atoms with Gasteiger partial charge in [0, 0.05) is 23.5 Å². The molecule has 0 spiro atoms. The number of hydrogen-bond acceptors (Lipinski definition) is 7. The summed E-state index contributed by atoms with van der Waals surface area (Å²) in [5.41, 5.74) is 0. The van der Waals surface area contributed by atoms with E-state index in [0.717, 1.165) is 9.88 Å². The van der Waals surface area contributed by atoms with Gasteiger partial charge in [-0.25, -0.2) is 9.67 Å². The van der Waals surface area contributed by atoms with Crippen LogP contribution in [-0.2, 0) is 6.54 Å². The molecule has 0 atom stereocenters. The zero-order valence-corrected chi connectivity index (χ0v) is 12.1. The van der Waals surface area contributed by atoms with Gasteiger partial charge in [-0.15, -0.1) is 11.3 Å². The van der Waals surface area contributed by atoms with Crippen molar-refractivity contribution < 1.29 is 0 Å². The van der Waals surface area contributed by atoms with E-state index in [1.165, 1.54) is 4.68 Å². The van der Waals surface area contributed by atoms with E-state index in [1.54, 1.807) is 29.8 Å². The Morgan fingerprint density at radius 1 is 1.35 bits per heavy atom. The van der Waals surface area contributed by atoms with E-state index in [4.69, 9.17) is 11.6 Å². The Hall–Kier alpha value is -2.06. The predicted molar refractivity (Wildman–Crippen MR) is 76.1 cm³/mol. The second-order valence-corrected chi connectivity index (χ2v) is 5.54. The predicted octanol–water partition coefficient (Wildman–Crippen LogP) is 2.09. The largest absolute Gasteiger partial charge is 0.349 e. The van der Waals surface area contributed by atoms with Gasteiger partial charge < -0.3 is 5.32 Å². The standard InChI is InChI=1S/C11H10ClN7S/c1-7-13-5-8(20-7)6-14-10-16-9(12)17-11(18-10)19-4-2-3-15-19/h2-5H,6H2,1H3,(H,14,16,17,18). The first-order valence-corrected chi connectivity index (χ1v) is 6.97. The molecule has 3 rings (SSSR count). The molecule has 1 N–H and O–H groups in total. The van der Waals surface area contributed by atoms with Crippen molar-refractivity contribution in [3.63, 3.8) is 0 Å². The molecule has 0 fully saturated rings. The minimum absolute atomic E-state index is 0.119. The van der Waals surface area contributed by atoms with Crippen LogP contribution in [0.2, 0.25) is 5.28 Å². The number of halogens is 1. The molecule has 0 aromatic carbocycles. The molecule has 0 bridgehead atoms. The molecule has 3 aromatic heterocycles. The molecule has 0 aliphatic rings. The van der Waals surface area contributed by atoms with Crippen molar-refractivity contribution in [3.05, 3.63) is 39.8 Å². The zero-order chi connectivity index (χ0) is 13.9. The summed E-state index contributed by atoms with van der Waals surface area (Å²) in [7, 11) is 0. The highest BCUT2D eigenvalue weighted by atomic mass is 35.5. The lowest BCUT2D eigenvalue weighted by atomic mass is 10.5. The quantitative estimate of drug-likeness (QED) is 0.795. The molecule has 7 nitrogen and oxygen atoms in total. The average molecular weight is 308 g/mol. The van der Waals surface area contributed by atoms with Gasteiger partial charge in [0.05, 0.1) is 11.6 Å². The maximum absolute atomic E-state index is 5.90. The lowest BCUT2D eigenvalue weighted by Crippen LogP contribution is -2.08. The molecular weight excluding hydrogens is 298 g/mol. The van der Waals surface area contributed by atoms with Crippen LogP contribution >= 0.6 is 22.9 Å². The van der Waals surface area contributed by atoms with Crippen molar-refractivity contribution in [1.29, 1.82) is 0 Å². The smallest absolute Gasteiger partial charge is 0.256 e. The van der Waals surface area contributed by atoms with Gasteiger partial charge in [-0.1, -0.05) is 0 Å². The molecule has 20 heavy (non-hydrogen) atoms. The van der Waals surface area contributed by atoms with Gasteiger partial charge in [0.1, 0.15) is 0 Å². The van der Waals surface area contributed by atoms with Crippen LogP contribution in [0.25, 0.3) is 5.95 Å².